The van der Waals surface area contributed by atoms with Gasteiger partial charge in [-0.2, -0.15) is 0 Å². The van der Waals surface area contributed by atoms with Gasteiger partial charge in [0.2, 0.25) is 5.91 Å². The molecule has 1 N–H and O–H groups in total. The Balaban J connectivity index is 1.54. The van der Waals surface area contributed by atoms with E-state index in [-0.39, 0.29) is 18.4 Å². The van der Waals surface area contributed by atoms with Crippen LogP contribution in [0.15, 0.2) is 48.5 Å². The van der Waals surface area contributed by atoms with Crippen molar-refractivity contribution in [1.82, 2.24) is 4.98 Å². The molecule has 0 unspecified atom stereocenters. The van der Waals surface area contributed by atoms with Crippen molar-refractivity contribution in [1.29, 1.82) is 0 Å². The predicted octanol–water partition coefficient (Wildman–Crippen LogP) is 3.05. The van der Waals surface area contributed by atoms with Gasteiger partial charge in [-0.15, -0.1) is 0 Å². The molecule has 6 nitrogen and oxygen atoms in total. The molecule has 0 saturated heterocycles. The lowest BCUT2D eigenvalue weighted by Gasteiger charge is -2.32. The number of anilines is 2. The first-order valence-corrected chi connectivity index (χ1v) is 8.66. The van der Waals surface area contributed by atoms with E-state index in [1.165, 1.54) is 16.2 Å². The molecule has 0 aliphatic carbocycles. The molecular weight excluding hydrogens is 338 g/mol. The van der Waals surface area contributed by atoms with E-state index in [2.05, 4.69) is 10.3 Å². The predicted molar refractivity (Wildman–Crippen MR) is 97.1 cm³/mol. The summed E-state index contributed by atoms with van der Waals surface area (Å²) >= 11 is 1.40. The topological polar surface area (TPSA) is 71.5 Å². The number of ether oxygens (including phenoxy) is 1. The van der Waals surface area contributed by atoms with Crippen LogP contribution in [0.5, 0.6) is 5.75 Å². The van der Waals surface area contributed by atoms with Crippen molar-refractivity contribution >= 4 is 44.2 Å². The van der Waals surface area contributed by atoms with Crippen LogP contribution < -0.4 is 15.0 Å². The lowest BCUT2D eigenvalue weighted by Crippen LogP contribution is -2.47. The maximum absolute atomic E-state index is 12.4. The molecule has 0 bridgehead atoms. The zero-order valence-electron chi connectivity index (χ0n) is 13.4. The number of para-hydroxylation sites is 3. The van der Waals surface area contributed by atoms with Crippen molar-refractivity contribution in [2.45, 2.75) is 13.0 Å². The van der Waals surface area contributed by atoms with Crippen LogP contribution in [0.2, 0.25) is 0 Å². The van der Waals surface area contributed by atoms with E-state index in [1.54, 1.807) is 19.1 Å². The summed E-state index contributed by atoms with van der Waals surface area (Å²) in [5.74, 6) is 0.0665. The molecule has 1 aliphatic rings. The molecule has 1 aromatic heterocycles. The van der Waals surface area contributed by atoms with Crippen LogP contribution in [-0.4, -0.2) is 29.4 Å². The first kappa shape index (κ1) is 15.6. The molecule has 2 amide bonds. The summed E-state index contributed by atoms with van der Waals surface area (Å²) in [5.41, 5.74) is 1.44. The van der Waals surface area contributed by atoms with Crippen LogP contribution in [0.25, 0.3) is 10.2 Å². The highest BCUT2D eigenvalue weighted by atomic mass is 32.1. The molecule has 0 fully saturated rings. The highest BCUT2D eigenvalue weighted by Gasteiger charge is 2.32. The quantitative estimate of drug-likeness (QED) is 0.786. The fraction of sp³-hybridized carbons (Fsp3) is 0.167. The number of hydrogen-bond donors (Lipinski definition) is 1. The molecule has 1 aliphatic heterocycles. The number of nitrogens with one attached hydrogen (secondary N) is 1. The van der Waals surface area contributed by atoms with Crippen molar-refractivity contribution in [3.05, 3.63) is 48.5 Å². The minimum absolute atomic E-state index is 0.0839. The number of benzene rings is 2. The Labute approximate surface area is 148 Å². The highest BCUT2D eigenvalue weighted by molar-refractivity contribution is 7.22. The van der Waals surface area contributed by atoms with Gasteiger partial charge in [-0.3, -0.25) is 14.5 Å². The number of hydrogen-bond acceptors (Lipinski definition) is 5. The van der Waals surface area contributed by atoms with Crippen LogP contribution in [0.1, 0.15) is 6.92 Å². The van der Waals surface area contributed by atoms with Gasteiger partial charge in [-0.05, 0) is 31.2 Å². The summed E-state index contributed by atoms with van der Waals surface area (Å²) in [5, 5.41) is 3.30. The molecule has 0 spiro atoms. The molecule has 1 atom stereocenters. The third-order valence-corrected chi connectivity index (χ3v) is 4.87. The second kappa shape index (κ2) is 6.18. The summed E-state index contributed by atoms with van der Waals surface area (Å²) in [4.78, 5) is 30.7. The molecular formula is C18H15N3O3S. The zero-order valence-corrected chi connectivity index (χ0v) is 14.2. The fourth-order valence-electron chi connectivity index (χ4n) is 2.75. The Morgan fingerprint density at radius 3 is 2.84 bits per heavy atom. The zero-order chi connectivity index (χ0) is 17.4. The molecule has 7 heteroatoms. The van der Waals surface area contributed by atoms with Crippen LogP contribution in [0.3, 0.4) is 0 Å². The first-order valence-electron chi connectivity index (χ1n) is 7.84. The van der Waals surface area contributed by atoms with E-state index in [1.807, 2.05) is 36.4 Å². The maximum atomic E-state index is 12.4. The summed E-state index contributed by atoms with van der Waals surface area (Å²) in [6, 6.07) is 14.9. The van der Waals surface area contributed by atoms with Crippen molar-refractivity contribution in [3.63, 3.8) is 0 Å². The van der Waals surface area contributed by atoms with Crippen molar-refractivity contribution < 1.29 is 14.3 Å². The number of fused-ring (bicyclic) bond motifs is 2. The van der Waals surface area contributed by atoms with Gasteiger partial charge in [0.15, 0.2) is 11.2 Å². The van der Waals surface area contributed by atoms with E-state index in [4.69, 9.17) is 4.74 Å². The van der Waals surface area contributed by atoms with Crippen LogP contribution in [-0.2, 0) is 9.59 Å². The van der Waals surface area contributed by atoms with Gasteiger partial charge in [0.25, 0.3) is 5.91 Å². The average molecular weight is 353 g/mol. The van der Waals surface area contributed by atoms with Gasteiger partial charge >= 0.3 is 0 Å². The van der Waals surface area contributed by atoms with E-state index in [9.17, 15) is 9.59 Å². The molecule has 25 heavy (non-hydrogen) atoms. The van der Waals surface area contributed by atoms with Gasteiger partial charge in [0, 0.05) is 0 Å². The molecule has 0 saturated carbocycles. The van der Waals surface area contributed by atoms with E-state index < -0.39 is 6.10 Å². The highest BCUT2D eigenvalue weighted by Crippen LogP contribution is 2.33. The van der Waals surface area contributed by atoms with Crippen LogP contribution >= 0.6 is 11.3 Å². The number of carbonyl (C=O) groups excluding carboxylic acids is 2. The number of carbonyl (C=O) groups is 2. The lowest BCUT2D eigenvalue weighted by molar-refractivity contribution is -0.127. The lowest BCUT2D eigenvalue weighted by atomic mass is 10.2. The number of rotatable bonds is 3. The SMILES string of the molecule is C[C@@H]1Oc2ccccc2N(CC(=O)Nc2nc3ccccc3s2)C1=O. The largest absolute Gasteiger partial charge is 0.479 e. The Bertz CT molecular complexity index is 936. The number of amides is 2. The first-order chi connectivity index (χ1) is 12.1. The fourth-order valence-corrected chi connectivity index (χ4v) is 3.63. The monoisotopic (exact) mass is 353 g/mol. The van der Waals surface area contributed by atoms with Gasteiger partial charge in [-0.25, -0.2) is 4.98 Å². The summed E-state index contributed by atoms with van der Waals surface area (Å²) in [6.45, 7) is 1.59. The van der Waals surface area contributed by atoms with Crippen molar-refractivity contribution in [2.75, 3.05) is 16.8 Å². The third kappa shape index (κ3) is 2.94. The Hall–Kier alpha value is -2.93. The smallest absolute Gasteiger partial charge is 0.268 e. The molecule has 3 aromatic rings. The van der Waals surface area contributed by atoms with Gasteiger partial charge < -0.3 is 10.1 Å². The standard InChI is InChI=1S/C18H15N3O3S/c1-11-17(23)21(13-7-3-4-8-14(13)24-11)10-16(22)20-18-19-12-6-2-5-9-15(12)25-18/h2-9,11H,10H2,1H3,(H,19,20,22)/t11-/m0/s1. The van der Waals surface area contributed by atoms with Crippen molar-refractivity contribution in [2.24, 2.45) is 0 Å². The third-order valence-electron chi connectivity index (χ3n) is 3.92. The molecule has 0 radical (unpaired) electrons. The molecule has 2 aromatic carbocycles. The second-order valence-corrected chi connectivity index (χ2v) is 6.72. The number of nitrogens with zero attached hydrogens (tertiary/aromatic N) is 2. The van der Waals surface area contributed by atoms with Gasteiger partial charge in [0.05, 0.1) is 15.9 Å². The van der Waals surface area contributed by atoms with Crippen LogP contribution in [0, 0.1) is 0 Å². The van der Waals surface area contributed by atoms with Gasteiger partial charge in [0.1, 0.15) is 12.3 Å². The van der Waals surface area contributed by atoms with E-state index in [0.717, 1.165) is 10.2 Å². The molecule has 2 heterocycles. The second-order valence-electron chi connectivity index (χ2n) is 5.69. The van der Waals surface area contributed by atoms with E-state index in [0.29, 0.717) is 16.6 Å². The summed E-state index contributed by atoms with van der Waals surface area (Å²) < 4.78 is 6.58. The molecule has 4 rings (SSSR count). The van der Waals surface area contributed by atoms with Gasteiger partial charge in [-0.1, -0.05) is 35.6 Å². The average Bonchev–Trinajstić information content (AvgIpc) is 3.01. The molecule has 126 valence electrons. The minimum atomic E-state index is -0.620. The Morgan fingerprint density at radius 1 is 1.24 bits per heavy atom. The van der Waals surface area contributed by atoms with Crippen molar-refractivity contribution in [3.8, 4) is 5.75 Å². The van der Waals surface area contributed by atoms with E-state index >= 15 is 0 Å². The Morgan fingerprint density at radius 2 is 2.00 bits per heavy atom. The number of aromatic nitrogens is 1. The Kier molecular flexibility index (Phi) is 3.85. The van der Waals surface area contributed by atoms with Crippen LogP contribution in [0.4, 0.5) is 10.8 Å². The summed E-state index contributed by atoms with van der Waals surface area (Å²) in [6.07, 6.45) is -0.620. The minimum Gasteiger partial charge on any atom is -0.479 e. The summed E-state index contributed by atoms with van der Waals surface area (Å²) in [7, 11) is 0. The normalized spacial score (nSPS) is 16.4. The maximum Gasteiger partial charge on any atom is 0.268 e. The number of thiazole rings is 1.